The van der Waals surface area contributed by atoms with E-state index in [1.165, 1.54) is 35.4 Å². The summed E-state index contributed by atoms with van der Waals surface area (Å²) in [6, 6.07) is 8.38. The first-order chi connectivity index (χ1) is 8.79. The third kappa shape index (κ3) is 1.47. The van der Waals surface area contributed by atoms with Crippen molar-refractivity contribution in [2.75, 3.05) is 0 Å². The molecule has 0 N–H and O–H groups in total. The zero-order valence-electron chi connectivity index (χ0n) is 10.6. The Labute approximate surface area is 111 Å². The first-order valence-electron chi connectivity index (χ1n) is 6.83. The van der Waals surface area contributed by atoms with Crippen molar-refractivity contribution in [2.45, 2.75) is 44.3 Å². The molecule has 0 bridgehead atoms. The number of benzene rings is 1. The lowest BCUT2D eigenvalue weighted by atomic mass is 9.78. The van der Waals surface area contributed by atoms with Gasteiger partial charge in [0.25, 0.3) is 0 Å². The van der Waals surface area contributed by atoms with Gasteiger partial charge in [-0.2, -0.15) is 0 Å². The van der Waals surface area contributed by atoms with E-state index in [0.717, 1.165) is 5.52 Å². The second-order valence-electron chi connectivity index (χ2n) is 5.62. The predicted octanol–water partition coefficient (Wildman–Crippen LogP) is 4.32. The Hall–Kier alpha value is -0.930. The molecular weight excluding hydrogens is 242 g/mol. The van der Waals surface area contributed by atoms with Crippen LogP contribution in [0.15, 0.2) is 24.3 Å². The lowest BCUT2D eigenvalue weighted by molar-refractivity contribution is 0.170. The van der Waals surface area contributed by atoms with Gasteiger partial charge in [-0.1, -0.05) is 31.9 Å². The highest BCUT2D eigenvalue weighted by Gasteiger charge is 2.61. The maximum Gasteiger partial charge on any atom is 0.139 e. The van der Waals surface area contributed by atoms with Gasteiger partial charge in [0.1, 0.15) is 16.7 Å². The summed E-state index contributed by atoms with van der Waals surface area (Å²) in [7, 11) is 0. The van der Waals surface area contributed by atoms with Crippen molar-refractivity contribution in [3.05, 3.63) is 29.3 Å². The fraction of sp³-hybridized carbons (Fsp3) is 0.533. The number of para-hydroxylation sites is 1. The molecule has 0 radical (unpaired) electrons. The van der Waals surface area contributed by atoms with Crippen LogP contribution in [0, 0.1) is 5.92 Å². The van der Waals surface area contributed by atoms with Gasteiger partial charge in [-0.15, -0.1) is 11.3 Å². The number of ether oxygens (including phenoxy) is 1. The molecule has 1 saturated heterocycles. The maximum absolute atomic E-state index is 6.12. The average Bonchev–Trinajstić information content (AvgIpc) is 2.94. The molecule has 94 valence electrons. The minimum Gasteiger partial charge on any atom is -0.358 e. The Kier molecular flexibility index (Phi) is 2.30. The molecule has 3 atom stereocenters. The fourth-order valence-electron chi connectivity index (χ4n) is 3.35. The quantitative estimate of drug-likeness (QED) is 0.713. The summed E-state index contributed by atoms with van der Waals surface area (Å²) in [4.78, 5) is 4.75. The van der Waals surface area contributed by atoms with Gasteiger partial charge in [0.2, 0.25) is 0 Å². The first kappa shape index (κ1) is 10.9. The molecule has 3 heteroatoms. The monoisotopic (exact) mass is 259 g/mol. The van der Waals surface area contributed by atoms with Crippen molar-refractivity contribution in [1.29, 1.82) is 0 Å². The minimum absolute atomic E-state index is 0.131. The summed E-state index contributed by atoms with van der Waals surface area (Å²) < 4.78 is 7.40. The van der Waals surface area contributed by atoms with E-state index in [4.69, 9.17) is 9.72 Å². The van der Waals surface area contributed by atoms with Crippen LogP contribution in [0.1, 0.15) is 43.7 Å². The van der Waals surface area contributed by atoms with Crippen LogP contribution in [-0.2, 0) is 4.74 Å². The normalized spacial score (nSPS) is 35.2. The summed E-state index contributed by atoms with van der Waals surface area (Å²) in [5.74, 6) is 0.684. The zero-order valence-corrected chi connectivity index (χ0v) is 11.4. The third-order valence-electron chi connectivity index (χ3n) is 4.55. The van der Waals surface area contributed by atoms with Crippen molar-refractivity contribution in [1.82, 2.24) is 4.98 Å². The molecule has 4 rings (SSSR count). The molecule has 1 spiro atoms. The van der Waals surface area contributed by atoms with Crippen molar-refractivity contribution >= 4 is 21.6 Å². The second kappa shape index (κ2) is 3.78. The Morgan fingerprint density at radius 3 is 3.06 bits per heavy atom. The Morgan fingerprint density at radius 1 is 1.33 bits per heavy atom. The maximum atomic E-state index is 6.12. The molecule has 0 amide bonds. The van der Waals surface area contributed by atoms with E-state index in [9.17, 15) is 0 Å². The molecule has 2 heterocycles. The number of epoxide rings is 1. The van der Waals surface area contributed by atoms with E-state index in [-0.39, 0.29) is 11.7 Å². The number of fused-ring (bicyclic) bond motifs is 1. The molecule has 1 aromatic carbocycles. The van der Waals surface area contributed by atoms with E-state index in [2.05, 4.69) is 31.2 Å². The minimum atomic E-state index is 0.131. The smallest absolute Gasteiger partial charge is 0.139 e. The number of hydrogen-bond donors (Lipinski definition) is 0. The van der Waals surface area contributed by atoms with Crippen LogP contribution >= 0.6 is 11.3 Å². The van der Waals surface area contributed by atoms with E-state index < -0.39 is 0 Å². The third-order valence-corrected chi connectivity index (χ3v) is 5.63. The molecule has 18 heavy (non-hydrogen) atoms. The summed E-state index contributed by atoms with van der Waals surface area (Å²) in [6.45, 7) is 2.34. The standard InChI is InChI=1S/C15H17NOS/c1-10-6-4-5-9-15(10)13(17-15)14-16-11-7-2-3-8-12(11)18-14/h2-3,7-8,10,13H,4-6,9H2,1H3/t10-,13+,15+/m0/s1. The van der Waals surface area contributed by atoms with E-state index >= 15 is 0 Å². The predicted molar refractivity (Wildman–Crippen MR) is 73.8 cm³/mol. The highest BCUT2D eigenvalue weighted by Crippen LogP contribution is 2.60. The van der Waals surface area contributed by atoms with Gasteiger partial charge in [-0.05, 0) is 30.9 Å². The molecular formula is C15H17NOS. The van der Waals surface area contributed by atoms with Crippen LogP contribution in [-0.4, -0.2) is 10.6 Å². The van der Waals surface area contributed by atoms with Crippen LogP contribution in [0.4, 0.5) is 0 Å². The van der Waals surface area contributed by atoms with E-state index in [1.807, 2.05) is 0 Å². The SMILES string of the molecule is C[C@H]1CCCC[C@@]12O[C@@H]2c1nc2ccccc2s1. The first-order valence-corrected chi connectivity index (χ1v) is 7.64. The summed E-state index contributed by atoms with van der Waals surface area (Å²) in [5.41, 5.74) is 1.25. The molecule has 1 aliphatic heterocycles. The Bertz CT molecular complexity index is 560. The Morgan fingerprint density at radius 2 is 2.22 bits per heavy atom. The molecule has 2 aliphatic rings. The highest BCUT2D eigenvalue weighted by atomic mass is 32.1. The average molecular weight is 259 g/mol. The number of aromatic nitrogens is 1. The largest absolute Gasteiger partial charge is 0.358 e. The van der Waals surface area contributed by atoms with Gasteiger partial charge in [0, 0.05) is 0 Å². The van der Waals surface area contributed by atoms with Gasteiger partial charge in [-0.3, -0.25) is 0 Å². The molecule has 2 nitrogen and oxygen atoms in total. The molecule has 1 aromatic heterocycles. The number of rotatable bonds is 1. The van der Waals surface area contributed by atoms with Crippen molar-refractivity contribution in [3.63, 3.8) is 0 Å². The summed E-state index contributed by atoms with van der Waals surface area (Å²) in [6.07, 6.45) is 5.46. The fourth-order valence-corrected chi connectivity index (χ4v) is 4.44. The van der Waals surface area contributed by atoms with Crippen molar-refractivity contribution in [3.8, 4) is 0 Å². The lowest BCUT2D eigenvalue weighted by Crippen LogP contribution is -2.26. The van der Waals surface area contributed by atoms with Crippen molar-refractivity contribution < 1.29 is 4.74 Å². The number of nitrogens with zero attached hydrogens (tertiary/aromatic N) is 1. The van der Waals surface area contributed by atoms with Gasteiger partial charge >= 0.3 is 0 Å². The second-order valence-corrected chi connectivity index (χ2v) is 6.68. The van der Waals surface area contributed by atoms with Gasteiger partial charge in [0.05, 0.1) is 10.2 Å². The topological polar surface area (TPSA) is 25.4 Å². The van der Waals surface area contributed by atoms with Gasteiger partial charge in [-0.25, -0.2) is 4.98 Å². The van der Waals surface area contributed by atoms with E-state index in [0.29, 0.717) is 5.92 Å². The van der Waals surface area contributed by atoms with Crippen molar-refractivity contribution in [2.24, 2.45) is 5.92 Å². The van der Waals surface area contributed by atoms with Crippen LogP contribution in [0.3, 0.4) is 0 Å². The summed E-state index contributed by atoms with van der Waals surface area (Å²) in [5, 5.41) is 1.19. The highest BCUT2D eigenvalue weighted by molar-refractivity contribution is 7.18. The number of thiazole rings is 1. The van der Waals surface area contributed by atoms with Crippen LogP contribution in [0.2, 0.25) is 0 Å². The van der Waals surface area contributed by atoms with E-state index in [1.54, 1.807) is 11.3 Å². The molecule has 0 unspecified atom stereocenters. The van der Waals surface area contributed by atoms with Gasteiger partial charge < -0.3 is 4.74 Å². The lowest BCUT2D eigenvalue weighted by Gasteiger charge is -2.25. The molecule has 2 aromatic rings. The molecule has 1 aliphatic carbocycles. The Balaban J connectivity index is 1.69. The van der Waals surface area contributed by atoms with Crippen LogP contribution < -0.4 is 0 Å². The molecule has 2 fully saturated rings. The van der Waals surface area contributed by atoms with Crippen LogP contribution in [0.5, 0.6) is 0 Å². The zero-order chi connectivity index (χ0) is 12.2. The molecule has 1 saturated carbocycles. The van der Waals surface area contributed by atoms with Gasteiger partial charge in [0.15, 0.2) is 0 Å². The summed E-state index contributed by atoms with van der Waals surface area (Å²) >= 11 is 1.80. The van der Waals surface area contributed by atoms with Crippen LogP contribution in [0.25, 0.3) is 10.2 Å². The number of hydrogen-bond acceptors (Lipinski definition) is 3.